The predicted molar refractivity (Wildman–Crippen MR) is 51.6 cm³/mol. The summed E-state index contributed by atoms with van der Waals surface area (Å²) in [5.41, 5.74) is -1.17. The summed E-state index contributed by atoms with van der Waals surface area (Å²) >= 11 is 0. The lowest BCUT2D eigenvalue weighted by Crippen LogP contribution is -2.11. The third kappa shape index (κ3) is 2.29. The smallest absolute Gasteiger partial charge is 0.298 e. The summed E-state index contributed by atoms with van der Waals surface area (Å²) in [6.07, 6.45) is -4.26. The van der Waals surface area contributed by atoms with Crippen LogP contribution in [0.3, 0.4) is 0 Å². The monoisotopic (exact) mass is 230 g/mol. The molecule has 0 N–H and O–H groups in total. The van der Waals surface area contributed by atoms with Crippen LogP contribution >= 0.6 is 0 Å². The summed E-state index contributed by atoms with van der Waals surface area (Å²) in [7, 11) is 0. The summed E-state index contributed by atoms with van der Waals surface area (Å²) in [4.78, 5) is 21.7. The molecule has 0 unspecified atom stereocenters. The number of benzene rings is 1. The maximum atomic E-state index is 12.5. The number of alkyl halides is 3. The van der Waals surface area contributed by atoms with Gasteiger partial charge in [-0.15, -0.1) is 0 Å². The van der Waals surface area contributed by atoms with E-state index in [-0.39, 0.29) is 23.0 Å². The number of carbonyl (C=O) groups excluding carboxylic acids is 2. The zero-order valence-electron chi connectivity index (χ0n) is 8.68. The molecule has 0 saturated carbocycles. The van der Waals surface area contributed by atoms with Gasteiger partial charge in [-0.05, 0) is 31.5 Å². The Labute approximate surface area is 90.1 Å². The van der Waals surface area contributed by atoms with E-state index in [1.165, 1.54) is 13.8 Å². The molecule has 0 saturated heterocycles. The van der Waals surface area contributed by atoms with E-state index in [9.17, 15) is 22.8 Å². The van der Waals surface area contributed by atoms with E-state index in [1.807, 2.05) is 0 Å². The van der Waals surface area contributed by atoms with Crippen molar-refractivity contribution >= 4 is 12.1 Å². The van der Waals surface area contributed by atoms with Crippen LogP contribution in [-0.2, 0) is 6.18 Å². The zero-order chi connectivity index (χ0) is 12.5. The summed E-state index contributed by atoms with van der Waals surface area (Å²) in [6, 6.07) is 1.80. The molecule has 5 heteroatoms. The van der Waals surface area contributed by atoms with Gasteiger partial charge in [0.2, 0.25) is 0 Å². The topological polar surface area (TPSA) is 34.1 Å². The average Bonchev–Trinajstić information content (AvgIpc) is 2.15. The number of carbonyl (C=O) groups is 2. The number of aryl methyl sites for hydroxylation is 1. The first-order valence-corrected chi connectivity index (χ1v) is 4.45. The van der Waals surface area contributed by atoms with Crippen LogP contribution in [0.2, 0.25) is 0 Å². The lowest BCUT2D eigenvalue weighted by atomic mass is 9.97. The van der Waals surface area contributed by atoms with Crippen molar-refractivity contribution in [3.05, 3.63) is 34.4 Å². The van der Waals surface area contributed by atoms with Gasteiger partial charge in [-0.2, -0.15) is 13.2 Å². The van der Waals surface area contributed by atoms with Gasteiger partial charge in [0.05, 0.1) is 5.56 Å². The maximum Gasteiger partial charge on any atom is 0.416 e. The zero-order valence-corrected chi connectivity index (χ0v) is 8.68. The van der Waals surface area contributed by atoms with E-state index in [0.29, 0.717) is 6.07 Å². The summed E-state index contributed by atoms with van der Waals surface area (Å²) < 4.78 is 37.5. The Morgan fingerprint density at radius 3 is 2.25 bits per heavy atom. The lowest BCUT2D eigenvalue weighted by molar-refractivity contribution is -0.138. The number of aldehydes is 1. The van der Waals surface area contributed by atoms with Crippen molar-refractivity contribution in [1.29, 1.82) is 0 Å². The molecule has 86 valence electrons. The van der Waals surface area contributed by atoms with E-state index in [1.54, 1.807) is 0 Å². The Bertz CT molecular complexity index is 447. The van der Waals surface area contributed by atoms with E-state index < -0.39 is 17.5 Å². The maximum absolute atomic E-state index is 12.5. The van der Waals surface area contributed by atoms with Gasteiger partial charge in [0.15, 0.2) is 12.1 Å². The first kappa shape index (κ1) is 12.4. The minimum Gasteiger partial charge on any atom is -0.298 e. The highest BCUT2D eigenvalue weighted by Crippen LogP contribution is 2.33. The molecule has 0 aromatic heterocycles. The van der Waals surface area contributed by atoms with E-state index in [4.69, 9.17) is 0 Å². The first-order valence-electron chi connectivity index (χ1n) is 4.45. The van der Waals surface area contributed by atoms with E-state index in [2.05, 4.69) is 0 Å². The molecule has 0 atom stereocenters. The molecule has 0 aliphatic rings. The van der Waals surface area contributed by atoms with Gasteiger partial charge < -0.3 is 0 Å². The Hall–Kier alpha value is -1.65. The van der Waals surface area contributed by atoms with Crippen molar-refractivity contribution in [2.75, 3.05) is 0 Å². The molecule has 0 spiro atoms. The number of hydrogen-bond donors (Lipinski definition) is 0. The van der Waals surface area contributed by atoms with Gasteiger partial charge in [0.1, 0.15) is 0 Å². The van der Waals surface area contributed by atoms with Gasteiger partial charge in [-0.25, -0.2) is 0 Å². The highest BCUT2D eigenvalue weighted by atomic mass is 19.4. The Balaban J connectivity index is 3.49. The van der Waals surface area contributed by atoms with Gasteiger partial charge >= 0.3 is 6.18 Å². The molecule has 0 radical (unpaired) electrons. The van der Waals surface area contributed by atoms with E-state index in [0.717, 1.165) is 6.07 Å². The van der Waals surface area contributed by atoms with Gasteiger partial charge in [0.25, 0.3) is 0 Å². The molecule has 0 amide bonds. The van der Waals surface area contributed by atoms with Crippen LogP contribution in [0.1, 0.15) is 38.8 Å². The molecular weight excluding hydrogens is 221 g/mol. The second-order valence-electron chi connectivity index (χ2n) is 3.43. The highest BCUT2D eigenvalue weighted by molar-refractivity contribution is 6.01. The average molecular weight is 230 g/mol. The Kier molecular flexibility index (Phi) is 3.16. The van der Waals surface area contributed by atoms with Crippen molar-refractivity contribution < 1.29 is 22.8 Å². The molecule has 1 rings (SSSR count). The standard InChI is InChI=1S/C11H9F3O2/c1-6-3-9(7(2)16)8(5-15)4-10(6)11(12,13)14/h3-5H,1-2H3. The van der Waals surface area contributed by atoms with Crippen molar-refractivity contribution in [2.24, 2.45) is 0 Å². The minimum atomic E-state index is -4.52. The molecule has 1 aromatic rings. The summed E-state index contributed by atoms with van der Waals surface area (Å²) in [6.45, 7) is 2.46. The predicted octanol–water partition coefficient (Wildman–Crippen LogP) is 3.03. The SMILES string of the molecule is CC(=O)c1cc(C)c(C(F)(F)F)cc1C=O. The Morgan fingerprint density at radius 1 is 1.31 bits per heavy atom. The molecule has 16 heavy (non-hydrogen) atoms. The second-order valence-corrected chi connectivity index (χ2v) is 3.43. The first-order chi connectivity index (χ1) is 7.27. The fraction of sp³-hybridized carbons (Fsp3) is 0.273. The van der Waals surface area contributed by atoms with Gasteiger partial charge in [0, 0.05) is 11.1 Å². The molecule has 0 aliphatic carbocycles. The molecular formula is C11H9F3O2. The summed E-state index contributed by atoms with van der Waals surface area (Å²) in [5.74, 6) is -0.432. The third-order valence-electron chi connectivity index (χ3n) is 2.21. The number of Topliss-reactive ketones (excluding diaryl/α,β-unsaturated/α-hetero) is 1. The second kappa shape index (κ2) is 4.08. The van der Waals surface area contributed by atoms with Crippen LogP contribution in [0.5, 0.6) is 0 Å². The molecule has 0 bridgehead atoms. The van der Waals surface area contributed by atoms with Crippen LogP contribution in [0.25, 0.3) is 0 Å². The Morgan fingerprint density at radius 2 is 1.88 bits per heavy atom. The fourth-order valence-corrected chi connectivity index (χ4v) is 1.43. The quantitative estimate of drug-likeness (QED) is 0.578. The molecule has 0 aliphatic heterocycles. The molecule has 0 fully saturated rings. The van der Waals surface area contributed by atoms with Gasteiger partial charge in [-0.3, -0.25) is 9.59 Å². The van der Waals surface area contributed by atoms with Crippen molar-refractivity contribution in [1.82, 2.24) is 0 Å². The molecule has 2 nitrogen and oxygen atoms in total. The highest BCUT2D eigenvalue weighted by Gasteiger charge is 2.33. The number of hydrogen-bond acceptors (Lipinski definition) is 2. The van der Waals surface area contributed by atoms with Crippen LogP contribution < -0.4 is 0 Å². The van der Waals surface area contributed by atoms with Crippen molar-refractivity contribution in [2.45, 2.75) is 20.0 Å². The number of ketones is 1. The molecule has 1 aromatic carbocycles. The van der Waals surface area contributed by atoms with Crippen LogP contribution in [0.15, 0.2) is 12.1 Å². The van der Waals surface area contributed by atoms with Crippen LogP contribution in [0, 0.1) is 6.92 Å². The fourth-order valence-electron chi connectivity index (χ4n) is 1.43. The minimum absolute atomic E-state index is 0.0144. The normalized spacial score (nSPS) is 11.3. The van der Waals surface area contributed by atoms with Crippen molar-refractivity contribution in [3.63, 3.8) is 0 Å². The van der Waals surface area contributed by atoms with E-state index >= 15 is 0 Å². The van der Waals surface area contributed by atoms with Crippen LogP contribution in [0.4, 0.5) is 13.2 Å². The largest absolute Gasteiger partial charge is 0.416 e. The third-order valence-corrected chi connectivity index (χ3v) is 2.21. The van der Waals surface area contributed by atoms with Crippen molar-refractivity contribution in [3.8, 4) is 0 Å². The molecule has 0 heterocycles. The summed E-state index contributed by atoms with van der Waals surface area (Å²) in [5, 5.41) is 0. The van der Waals surface area contributed by atoms with Crippen LogP contribution in [-0.4, -0.2) is 12.1 Å². The number of rotatable bonds is 2. The lowest BCUT2D eigenvalue weighted by Gasteiger charge is -2.12. The number of halogens is 3. The van der Waals surface area contributed by atoms with Gasteiger partial charge in [-0.1, -0.05) is 0 Å².